The van der Waals surface area contributed by atoms with E-state index >= 15 is 0 Å². The van der Waals surface area contributed by atoms with E-state index in [9.17, 15) is 9.59 Å². The number of hydrogen-bond acceptors (Lipinski definition) is 5. The third-order valence-corrected chi connectivity index (χ3v) is 4.03. The van der Waals surface area contributed by atoms with Crippen molar-refractivity contribution in [1.82, 2.24) is 15.1 Å². The molecule has 132 valence electrons. The van der Waals surface area contributed by atoms with Crippen LogP contribution in [-0.4, -0.2) is 68.0 Å². The quantitative estimate of drug-likeness (QED) is 0.494. The van der Waals surface area contributed by atoms with Crippen molar-refractivity contribution >= 4 is 17.8 Å². The lowest BCUT2D eigenvalue weighted by Gasteiger charge is -2.36. The number of esters is 1. The molecule has 1 fully saturated rings. The van der Waals surface area contributed by atoms with Gasteiger partial charge in [-0.05, 0) is 13.0 Å². The lowest BCUT2D eigenvalue weighted by Crippen LogP contribution is -2.53. The molecule has 1 aliphatic rings. The number of furan rings is 1. The number of piperazine rings is 1. The normalized spacial score (nSPS) is 15.4. The van der Waals surface area contributed by atoms with E-state index in [1.165, 1.54) is 7.11 Å². The van der Waals surface area contributed by atoms with Crippen molar-refractivity contribution in [3.63, 3.8) is 0 Å². The number of amides is 1. The predicted octanol–water partition coefficient (Wildman–Crippen LogP) is 0.614. The van der Waals surface area contributed by atoms with E-state index in [0.717, 1.165) is 19.0 Å². The average Bonchev–Trinajstić information content (AvgIpc) is 2.96. The first-order valence-electron chi connectivity index (χ1n) is 7.85. The summed E-state index contributed by atoms with van der Waals surface area (Å²) in [6.07, 6.45) is 0. The zero-order chi connectivity index (χ0) is 17.7. The van der Waals surface area contributed by atoms with Crippen molar-refractivity contribution in [1.29, 1.82) is 0 Å². The Bertz CT molecular complexity index is 630. The second-order valence-corrected chi connectivity index (χ2v) is 5.57. The van der Waals surface area contributed by atoms with Gasteiger partial charge in [-0.25, -0.2) is 4.79 Å². The molecule has 0 unspecified atom stereocenters. The smallest absolute Gasteiger partial charge is 0.341 e. The standard InChI is InChI=1S/C16H24N4O4/c1-11-14(15(22)23-4)9-13(24-11)10-18-16(17-3)20-7-5-19(6-8-20)12(2)21/h9H,5-8,10H2,1-4H3,(H,17,18). The van der Waals surface area contributed by atoms with Crippen LogP contribution in [0.25, 0.3) is 0 Å². The molecule has 0 aromatic carbocycles. The fourth-order valence-corrected chi connectivity index (χ4v) is 2.68. The Morgan fingerprint density at radius 3 is 2.46 bits per heavy atom. The van der Waals surface area contributed by atoms with Crippen molar-refractivity contribution in [2.24, 2.45) is 4.99 Å². The van der Waals surface area contributed by atoms with Crippen LogP contribution < -0.4 is 5.32 Å². The van der Waals surface area contributed by atoms with Crippen LogP contribution in [0.4, 0.5) is 0 Å². The molecule has 0 atom stereocenters. The Morgan fingerprint density at radius 1 is 1.29 bits per heavy atom. The number of nitrogens with zero attached hydrogens (tertiary/aromatic N) is 3. The number of hydrogen-bond donors (Lipinski definition) is 1. The van der Waals surface area contributed by atoms with Crippen molar-refractivity contribution in [2.75, 3.05) is 40.3 Å². The average molecular weight is 336 g/mol. The Kier molecular flexibility index (Phi) is 5.83. The summed E-state index contributed by atoms with van der Waals surface area (Å²) in [5, 5.41) is 3.22. The Balaban J connectivity index is 1.93. The van der Waals surface area contributed by atoms with E-state index in [4.69, 9.17) is 9.15 Å². The van der Waals surface area contributed by atoms with Gasteiger partial charge in [-0.15, -0.1) is 0 Å². The maximum Gasteiger partial charge on any atom is 0.341 e. The molecule has 8 nitrogen and oxygen atoms in total. The highest BCUT2D eigenvalue weighted by molar-refractivity contribution is 5.90. The van der Waals surface area contributed by atoms with Crippen LogP contribution in [0.1, 0.15) is 28.8 Å². The van der Waals surface area contributed by atoms with Crippen molar-refractivity contribution < 1.29 is 18.7 Å². The minimum atomic E-state index is -0.410. The van der Waals surface area contributed by atoms with Gasteiger partial charge in [0, 0.05) is 40.2 Å². The number of rotatable bonds is 3. The summed E-state index contributed by atoms with van der Waals surface area (Å²) in [5.74, 6) is 1.60. The lowest BCUT2D eigenvalue weighted by atomic mass is 10.2. The molecule has 1 aromatic rings. The third kappa shape index (κ3) is 4.06. The minimum Gasteiger partial charge on any atom is -0.465 e. The molecule has 8 heteroatoms. The maximum absolute atomic E-state index is 11.6. The molecule has 0 radical (unpaired) electrons. The highest BCUT2D eigenvalue weighted by Gasteiger charge is 2.21. The summed E-state index contributed by atoms with van der Waals surface area (Å²) in [6.45, 7) is 6.54. The third-order valence-electron chi connectivity index (χ3n) is 4.03. The molecular formula is C16H24N4O4. The number of nitrogens with one attached hydrogen (secondary N) is 1. The van der Waals surface area contributed by atoms with E-state index in [1.54, 1.807) is 27.0 Å². The molecular weight excluding hydrogens is 312 g/mol. The van der Waals surface area contributed by atoms with Gasteiger partial charge in [0.25, 0.3) is 0 Å². The SMILES string of the molecule is CN=C(NCc1cc(C(=O)OC)c(C)o1)N1CCN(C(C)=O)CC1. The summed E-state index contributed by atoms with van der Waals surface area (Å²) >= 11 is 0. The first kappa shape index (κ1) is 17.8. The summed E-state index contributed by atoms with van der Waals surface area (Å²) in [4.78, 5) is 31.2. The molecule has 24 heavy (non-hydrogen) atoms. The highest BCUT2D eigenvalue weighted by atomic mass is 16.5. The molecule has 1 aliphatic heterocycles. The monoisotopic (exact) mass is 336 g/mol. The van der Waals surface area contributed by atoms with Gasteiger partial charge in [-0.1, -0.05) is 0 Å². The van der Waals surface area contributed by atoms with Gasteiger partial charge in [0.15, 0.2) is 5.96 Å². The fraction of sp³-hybridized carbons (Fsp3) is 0.562. The van der Waals surface area contributed by atoms with Crippen molar-refractivity contribution in [3.8, 4) is 0 Å². The summed E-state index contributed by atoms with van der Waals surface area (Å²) in [6, 6.07) is 1.68. The molecule has 0 saturated carbocycles. The molecule has 0 bridgehead atoms. The zero-order valence-electron chi connectivity index (χ0n) is 14.6. The Labute approximate surface area is 141 Å². The van der Waals surface area contributed by atoms with Crippen LogP contribution in [-0.2, 0) is 16.1 Å². The van der Waals surface area contributed by atoms with Gasteiger partial charge in [0.2, 0.25) is 5.91 Å². The Morgan fingerprint density at radius 2 is 1.92 bits per heavy atom. The van der Waals surface area contributed by atoms with E-state index < -0.39 is 5.97 Å². The zero-order valence-corrected chi connectivity index (χ0v) is 14.6. The molecule has 2 rings (SSSR count). The minimum absolute atomic E-state index is 0.0963. The Hall–Kier alpha value is -2.51. The largest absolute Gasteiger partial charge is 0.465 e. The first-order valence-corrected chi connectivity index (χ1v) is 7.85. The van der Waals surface area contributed by atoms with E-state index in [0.29, 0.717) is 36.7 Å². The van der Waals surface area contributed by atoms with Crippen LogP contribution >= 0.6 is 0 Å². The number of aryl methyl sites for hydroxylation is 1. The predicted molar refractivity (Wildman–Crippen MR) is 88.8 cm³/mol. The summed E-state index contributed by atoms with van der Waals surface area (Å²) in [7, 11) is 3.06. The van der Waals surface area contributed by atoms with Crippen LogP contribution in [0.3, 0.4) is 0 Å². The van der Waals surface area contributed by atoms with Crippen LogP contribution in [0.2, 0.25) is 0 Å². The fourth-order valence-electron chi connectivity index (χ4n) is 2.68. The molecule has 0 aliphatic carbocycles. The van der Waals surface area contributed by atoms with Crippen LogP contribution in [0, 0.1) is 6.92 Å². The second kappa shape index (κ2) is 7.85. The second-order valence-electron chi connectivity index (χ2n) is 5.57. The van der Waals surface area contributed by atoms with E-state index in [2.05, 4.69) is 15.2 Å². The lowest BCUT2D eigenvalue weighted by molar-refractivity contribution is -0.130. The maximum atomic E-state index is 11.6. The molecule has 1 amide bonds. The van der Waals surface area contributed by atoms with Gasteiger partial charge >= 0.3 is 5.97 Å². The molecule has 1 saturated heterocycles. The molecule has 1 N–H and O–H groups in total. The number of guanidine groups is 1. The van der Waals surface area contributed by atoms with Gasteiger partial charge in [0.05, 0.1) is 13.7 Å². The van der Waals surface area contributed by atoms with Crippen molar-refractivity contribution in [3.05, 3.63) is 23.2 Å². The first-order chi connectivity index (χ1) is 11.5. The highest BCUT2D eigenvalue weighted by Crippen LogP contribution is 2.15. The topological polar surface area (TPSA) is 87.4 Å². The summed E-state index contributed by atoms with van der Waals surface area (Å²) < 4.78 is 10.3. The van der Waals surface area contributed by atoms with E-state index in [1.807, 2.05) is 4.90 Å². The molecule has 1 aromatic heterocycles. The number of carbonyl (C=O) groups excluding carboxylic acids is 2. The van der Waals surface area contributed by atoms with Gasteiger partial charge in [-0.3, -0.25) is 9.79 Å². The molecule has 0 spiro atoms. The number of aliphatic imine (C=N–C) groups is 1. The number of ether oxygens (including phenoxy) is 1. The van der Waals surface area contributed by atoms with Gasteiger partial charge in [-0.2, -0.15) is 0 Å². The van der Waals surface area contributed by atoms with Crippen LogP contribution in [0.15, 0.2) is 15.5 Å². The van der Waals surface area contributed by atoms with Gasteiger partial charge < -0.3 is 24.3 Å². The number of carbonyl (C=O) groups is 2. The molecule has 2 heterocycles. The number of methoxy groups -OCH3 is 1. The van der Waals surface area contributed by atoms with Crippen LogP contribution in [0.5, 0.6) is 0 Å². The van der Waals surface area contributed by atoms with Gasteiger partial charge in [0.1, 0.15) is 17.1 Å². The van der Waals surface area contributed by atoms with Crippen molar-refractivity contribution in [2.45, 2.75) is 20.4 Å². The van der Waals surface area contributed by atoms with E-state index in [-0.39, 0.29) is 5.91 Å². The summed E-state index contributed by atoms with van der Waals surface area (Å²) in [5.41, 5.74) is 0.430.